The van der Waals surface area contributed by atoms with Gasteiger partial charge in [0.05, 0.1) is 0 Å². The minimum atomic E-state index is -0.208. The van der Waals surface area contributed by atoms with Crippen molar-refractivity contribution < 1.29 is 9.90 Å². The topological polar surface area (TPSA) is 43.8 Å². The van der Waals surface area contributed by atoms with E-state index in [1.165, 1.54) is 11.1 Å². The van der Waals surface area contributed by atoms with Crippen molar-refractivity contribution >= 4 is 5.91 Å². The summed E-state index contributed by atoms with van der Waals surface area (Å²) in [5.74, 6) is 0.385. The molecule has 0 aromatic heterocycles. The molecule has 1 fully saturated rings. The largest absolute Gasteiger partial charge is 0.508 e. The number of hydrogen-bond donors (Lipinski definition) is 1. The second-order valence-electron chi connectivity index (χ2n) is 9.66. The monoisotopic (exact) mass is 470 g/mol. The van der Waals surface area contributed by atoms with Crippen molar-refractivity contribution in [3.8, 4) is 5.75 Å². The Hall–Kier alpha value is -3.11. The first-order chi connectivity index (χ1) is 17.1. The lowest BCUT2D eigenvalue weighted by molar-refractivity contribution is 0.0773. The number of aromatic hydroxyl groups is 1. The summed E-state index contributed by atoms with van der Waals surface area (Å²) in [7, 11) is 0. The zero-order chi connectivity index (χ0) is 24.7. The lowest BCUT2D eigenvalue weighted by atomic mass is 9.69. The van der Waals surface area contributed by atoms with E-state index in [-0.39, 0.29) is 11.3 Å². The van der Waals surface area contributed by atoms with Crippen LogP contribution in [-0.4, -0.2) is 53.5 Å². The van der Waals surface area contributed by atoms with Crippen LogP contribution in [0.15, 0.2) is 78.9 Å². The van der Waals surface area contributed by atoms with Crippen molar-refractivity contribution in [1.82, 2.24) is 9.80 Å². The number of aryl methyl sites for hydroxylation is 1. The Bertz CT molecular complexity index is 1090. The summed E-state index contributed by atoms with van der Waals surface area (Å²) in [5, 5.41) is 10.3. The van der Waals surface area contributed by atoms with Crippen molar-refractivity contribution in [3.63, 3.8) is 0 Å². The molecule has 0 aliphatic carbocycles. The number of rotatable bonds is 9. The predicted molar refractivity (Wildman–Crippen MR) is 143 cm³/mol. The van der Waals surface area contributed by atoms with Gasteiger partial charge in [-0.15, -0.1) is 0 Å². The number of carbonyl (C=O) groups is 1. The summed E-state index contributed by atoms with van der Waals surface area (Å²) < 4.78 is 0. The first kappa shape index (κ1) is 25.0. The zero-order valence-electron chi connectivity index (χ0n) is 21.1. The molecule has 1 heterocycles. The molecule has 4 heteroatoms. The number of hydrogen-bond acceptors (Lipinski definition) is 3. The predicted octanol–water partition coefficient (Wildman–Crippen LogP) is 5.89. The van der Waals surface area contributed by atoms with Crippen LogP contribution in [0.4, 0.5) is 0 Å². The van der Waals surface area contributed by atoms with Crippen molar-refractivity contribution in [2.45, 2.75) is 44.9 Å². The molecular formula is C31H38N2O2. The van der Waals surface area contributed by atoms with Crippen LogP contribution in [0.1, 0.15) is 60.2 Å². The van der Waals surface area contributed by atoms with E-state index in [0.29, 0.717) is 18.8 Å². The SMILES string of the molecule is CCN(CC)C(=O)c1ccc(C2(c3cccc(O)c3)CCCN(CCCc3ccccc3)C2)cc1. The van der Waals surface area contributed by atoms with Gasteiger partial charge in [-0.1, -0.05) is 54.6 Å². The molecule has 35 heavy (non-hydrogen) atoms. The number of phenols is 1. The minimum Gasteiger partial charge on any atom is -0.508 e. The molecule has 1 N–H and O–H groups in total. The zero-order valence-corrected chi connectivity index (χ0v) is 21.1. The molecule has 3 aromatic rings. The summed E-state index contributed by atoms with van der Waals surface area (Å²) in [5.41, 5.74) is 4.27. The van der Waals surface area contributed by atoms with E-state index in [1.54, 1.807) is 6.07 Å². The Morgan fingerprint density at radius 2 is 1.69 bits per heavy atom. The molecule has 1 saturated heterocycles. The normalized spacial score (nSPS) is 18.3. The Morgan fingerprint density at radius 3 is 2.37 bits per heavy atom. The average Bonchev–Trinajstić information content (AvgIpc) is 2.90. The highest BCUT2D eigenvalue weighted by Crippen LogP contribution is 2.41. The molecule has 1 unspecified atom stereocenters. The molecule has 0 bridgehead atoms. The van der Waals surface area contributed by atoms with Gasteiger partial charge in [0.25, 0.3) is 5.91 Å². The van der Waals surface area contributed by atoms with E-state index in [9.17, 15) is 9.90 Å². The summed E-state index contributed by atoms with van der Waals surface area (Å²) in [4.78, 5) is 17.3. The highest BCUT2D eigenvalue weighted by Gasteiger charge is 2.39. The van der Waals surface area contributed by atoms with E-state index in [0.717, 1.165) is 56.4 Å². The van der Waals surface area contributed by atoms with Crippen LogP contribution in [0.25, 0.3) is 0 Å². The van der Waals surface area contributed by atoms with Gasteiger partial charge in [0, 0.05) is 30.6 Å². The molecule has 1 aliphatic rings. The maximum atomic E-state index is 12.9. The third-order valence-corrected chi connectivity index (χ3v) is 7.49. The maximum Gasteiger partial charge on any atom is 0.253 e. The quantitative estimate of drug-likeness (QED) is 0.424. The molecule has 3 aromatic carbocycles. The van der Waals surface area contributed by atoms with E-state index < -0.39 is 0 Å². The lowest BCUT2D eigenvalue weighted by Gasteiger charge is -2.44. The summed E-state index contributed by atoms with van der Waals surface area (Å²) in [6.07, 6.45) is 4.33. The fourth-order valence-corrected chi connectivity index (χ4v) is 5.55. The van der Waals surface area contributed by atoms with Gasteiger partial charge in [0.1, 0.15) is 5.75 Å². The van der Waals surface area contributed by atoms with Gasteiger partial charge in [-0.05, 0) is 93.6 Å². The van der Waals surface area contributed by atoms with Crippen molar-refractivity contribution in [3.05, 3.63) is 101 Å². The van der Waals surface area contributed by atoms with E-state index in [2.05, 4.69) is 53.4 Å². The molecular weight excluding hydrogens is 432 g/mol. The molecule has 4 rings (SSSR count). The van der Waals surface area contributed by atoms with Gasteiger partial charge in [0.15, 0.2) is 0 Å². The van der Waals surface area contributed by atoms with Gasteiger partial charge in [-0.2, -0.15) is 0 Å². The maximum absolute atomic E-state index is 12.9. The second-order valence-corrected chi connectivity index (χ2v) is 9.66. The van der Waals surface area contributed by atoms with Crippen LogP contribution in [0.5, 0.6) is 5.75 Å². The highest BCUT2D eigenvalue weighted by atomic mass is 16.3. The number of likely N-dealkylation sites (tertiary alicyclic amines) is 1. The van der Waals surface area contributed by atoms with Crippen LogP contribution in [0.3, 0.4) is 0 Å². The third kappa shape index (κ3) is 5.76. The summed E-state index contributed by atoms with van der Waals surface area (Å²) >= 11 is 0. The summed E-state index contributed by atoms with van der Waals surface area (Å²) in [6, 6.07) is 26.7. The number of nitrogens with zero attached hydrogens (tertiary/aromatic N) is 2. The van der Waals surface area contributed by atoms with Crippen LogP contribution in [-0.2, 0) is 11.8 Å². The standard InChI is InChI=1S/C31H38N2O2/c1-3-33(4-2)30(35)26-16-18-27(19-17-26)31(28-14-8-15-29(34)23-28)20-10-22-32(24-31)21-9-13-25-11-6-5-7-12-25/h5-8,11-12,14-19,23,34H,3-4,9-10,13,20-22,24H2,1-2H3. The van der Waals surface area contributed by atoms with Crippen LogP contribution in [0.2, 0.25) is 0 Å². The van der Waals surface area contributed by atoms with Gasteiger partial charge in [-0.3, -0.25) is 4.79 Å². The third-order valence-electron chi connectivity index (χ3n) is 7.49. The van der Waals surface area contributed by atoms with Gasteiger partial charge >= 0.3 is 0 Å². The van der Waals surface area contributed by atoms with Crippen molar-refractivity contribution in [1.29, 1.82) is 0 Å². The molecule has 1 amide bonds. The van der Waals surface area contributed by atoms with E-state index in [4.69, 9.17) is 0 Å². The fraction of sp³-hybridized carbons (Fsp3) is 0.387. The number of benzene rings is 3. The van der Waals surface area contributed by atoms with Crippen LogP contribution < -0.4 is 0 Å². The van der Waals surface area contributed by atoms with Crippen LogP contribution in [0, 0.1) is 0 Å². The number of carbonyl (C=O) groups excluding carboxylic acids is 1. The number of amides is 1. The van der Waals surface area contributed by atoms with E-state index >= 15 is 0 Å². The van der Waals surface area contributed by atoms with Crippen molar-refractivity contribution in [2.24, 2.45) is 0 Å². The Kier molecular flexibility index (Phi) is 8.25. The van der Waals surface area contributed by atoms with Gasteiger partial charge in [0.2, 0.25) is 0 Å². The first-order valence-corrected chi connectivity index (χ1v) is 13.0. The Balaban J connectivity index is 1.58. The van der Waals surface area contributed by atoms with Gasteiger partial charge < -0.3 is 14.9 Å². The second kappa shape index (κ2) is 11.5. The summed E-state index contributed by atoms with van der Waals surface area (Å²) in [6.45, 7) is 8.50. The molecule has 1 aliphatic heterocycles. The number of piperidine rings is 1. The van der Waals surface area contributed by atoms with Crippen LogP contribution >= 0.6 is 0 Å². The Morgan fingerprint density at radius 1 is 0.943 bits per heavy atom. The Labute approximate surface area is 210 Å². The molecule has 0 radical (unpaired) electrons. The highest BCUT2D eigenvalue weighted by molar-refractivity contribution is 5.94. The number of phenolic OH excluding ortho intramolecular Hbond substituents is 1. The van der Waals surface area contributed by atoms with Crippen molar-refractivity contribution in [2.75, 3.05) is 32.7 Å². The molecule has 4 nitrogen and oxygen atoms in total. The smallest absolute Gasteiger partial charge is 0.253 e. The molecule has 184 valence electrons. The average molecular weight is 471 g/mol. The van der Waals surface area contributed by atoms with Gasteiger partial charge in [-0.25, -0.2) is 0 Å². The lowest BCUT2D eigenvalue weighted by Crippen LogP contribution is -2.47. The fourth-order valence-electron chi connectivity index (χ4n) is 5.55. The molecule has 0 spiro atoms. The molecule has 0 saturated carbocycles. The minimum absolute atomic E-state index is 0.0825. The molecule has 1 atom stereocenters. The van der Waals surface area contributed by atoms with E-state index in [1.807, 2.05) is 43.0 Å². The first-order valence-electron chi connectivity index (χ1n) is 13.0.